The van der Waals surface area contributed by atoms with E-state index in [-0.39, 0.29) is 150 Å². The average molecular weight is 1400 g/mol. The van der Waals surface area contributed by atoms with E-state index < -0.39 is 161 Å². The number of amides is 7. The second-order valence-electron chi connectivity index (χ2n) is 23.6. The zero-order valence-electron chi connectivity index (χ0n) is 55.0. The van der Waals surface area contributed by atoms with Gasteiger partial charge in [0.15, 0.2) is 18.9 Å². The standard InChI is InChI=1S/C57H105N8O29P/c1-35(69)61-45-51(79)48(76)38(32-66)91-54(45)87-29-26-84-23-14-58-41(72)11-17-64(18-12-42(73)59-15-24-85-27-30-88-55-46(62-36(2)70)52(80)49(77)39(33-67)92-55)20-21-65(44(75)10-8-7-9-22-90-95(82,83)94-57(4,5)6)19-13-43(74)60-16-25-86-28-31-89-56-47(63-37(3)71)53(81)50(78)40(34-68)93-56/h38-40,45-56,66-68,76-81H,7-34H2,1-6H3,(H,58,72)(H,59,73)(H,60,74)(H,61,69)(H,62,70)(H,63,71)(H,82,83). The summed E-state index contributed by atoms with van der Waals surface area (Å²) in [7, 11) is -4.34. The van der Waals surface area contributed by atoms with Crippen LogP contribution in [0.25, 0.3) is 0 Å². The molecule has 3 aliphatic rings. The lowest BCUT2D eigenvalue weighted by molar-refractivity contribution is -0.272. The first-order chi connectivity index (χ1) is 45.0. The van der Waals surface area contributed by atoms with Gasteiger partial charge in [-0.3, -0.25) is 42.6 Å². The highest BCUT2D eigenvalue weighted by atomic mass is 31.2. The Morgan fingerprint density at radius 1 is 0.453 bits per heavy atom. The van der Waals surface area contributed by atoms with Gasteiger partial charge in [-0.05, 0) is 33.6 Å². The first kappa shape index (κ1) is 84.9. The number of carbonyl (C=O) groups is 7. The summed E-state index contributed by atoms with van der Waals surface area (Å²) in [5.74, 6) is -3.12. The lowest BCUT2D eigenvalue weighted by atomic mass is 9.97. The predicted octanol–water partition coefficient (Wildman–Crippen LogP) is -6.94. The highest BCUT2D eigenvalue weighted by molar-refractivity contribution is 7.47. The van der Waals surface area contributed by atoms with Crippen molar-refractivity contribution in [1.29, 1.82) is 0 Å². The van der Waals surface area contributed by atoms with Crippen LogP contribution in [0.5, 0.6) is 0 Å². The second kappa shape index (κ2) is 45.3. The minimum atomic E-state index is -4.34. The molecule has 3 fully saturated rings. The van der Waals surface area contributed by atoms with Crippen molar-refractivity contribution in [3.63, 3.8) is 0 Å². The molecule has 3 heterocycles. The molecule has 0 spiro atoms. The Kier molecular flexibility index (Phi) is 40.5. The number of carbonyl (C=O) groups excluding carboxylic acids is 7. The van der Waals surface area contributed by atoms with Gasteiger partial charge in [0, 0.05) is 98.8 Å². The number of aliphatic hydroxyl groups excluding tert-OH is 9. The average Bonchev–Trinajstić information content (AvgIpc) is 0.836. The Labute approximate surface area is 552 Å². The van der Waals surface area contributed by atoms with Crippen LogP contribution < -0.4 is 31.9 Å². The molecule has 0 aliphatic carbocycles. The normalized spacial score (nSPS) is 26.9. The molecule has 0 aromatic rings. The van der Waals surface area contributed by atoms with Gasteiger partial charge in [0.1, 0.15) is 73.1 Å². The van der Waals surface area contributed by atoms with Crippen LogP contribution in [0.15, 0.2) is 0 Å². The molecular weight excluding hydrogens is 1290 g/mol. The summed E-state index contributed by atoms with van der Waals surface area (Å²) >= 11 is 0. The molecule has 38 heteroatoms. The molecule has 16 unspecified atom stereocenters. The van der Waals surface area contributed by atoms with Gasteiger partial charge in [-0.25, -0.2) is 4.57 Å². The van der Waals surface area contributed by atoms with E-state index in [1.165, 1.54) is 25.7 Å². The van der Waals surface area contributed by atoms with Crippen LogP contribution in [0.3, 0.4) is 0 Å². The van der Waals surface area contributed by atoms with Gasteiger partial charge in [0.2, 0.25) is 41.4 Å². The molecule has 552 valence electrons. The lowest BCUT2D eigenvalue weighted by Gasteiger charge is -2.42. The maximum atomic E-state index is 13.9. The third-order valence-corrected chi connectivity index (χ3v) is 15.9. The van der Waals surface area contributed by atoms with Crippen LogP contribution in [0, 0.1) is 0 Å². The summed E-state index contributed by atoms with van der Waals surface area (Å²) < 4.78 is 72.9. The van der Waals surface area contributed by atoms with Crippen molar-refractivity contribution in [3.8, 4) is 0 Å². The summed E-state index contributed by atoms with van der Waals surface area (Å²) in [5, 5.41) is 107. The number of rotatable bonds is 47. The maximum absolute atomic E-state index is 13.9. The van der Waals surface area contributed by atoms with E-state index in [0.717, 1.165) is 0 Å². The molecule has 7 amide bonds. The van der Waals surface area contributed by atoms with E-state index in [4.69, 9.17) is 51.7 Å². The molecule has 0 radical (unpaired) electrons. The van der Waals surface area contributed by atoms with E-state index in [0.29, 0.717) is 19.3 Å². The molecule has 16 atom stereocenters. The molecule has 3 aliphatic heterocycles. The zero-order chi connectivity index (χ0) is 70.7. The SMILES string of the molecule is CC(=O)NC1C(OCCOCCNC(=O)CCN(CCC(=O)NCCOCCOC2OC(CO)C(O)C(O)C2NC(C)=O)CCN(CCC(=O)NCCOCCOC2OC(CO)C(O)C(O)C2NC(C)=O)C(=O)CCCCCOP(=O)(O)OC(C)(C)C)OC(CO)C(O)C1O. The molecular formula is C57H105N8O29P. The molecule has 0 aromatic heterocycles. The number of hydrogen-bond acceptors (Lipinski definition) is 29. The maximum Gasteiger partial charge on any atom is 0.472 e. The summed E-state index contributed by atoms with van der Waals surface area (Å²) in [6.45, 7) is 6.63. The number of nitrogens with zero attached hydrogens (tertiary/aromatic N) is 2. The quantitative estimate of drug-likeness (QED) is 0.0199. The van der Waals surface area contributed by atoms with Crippen LogP contribution >= 0.6 is 7.82 Å². The topological polar surface area (TPSA) is 519 Å². The minimum Gasteiger partial charge on any atom is -0.394 e. The molecule has 0 saturated carbocycles. The van der Waals surface area contributed by atoms with Gasteiger partial charge >= 0.3 is 7.82 Å². The smallest absolute Gasteiger partial charge is 0.394 e. The number of nitrogens with one attached hydrogen (secondary N) is 6. The van der Waals surface area contributed by atoms with Gasteiger partial charge in [-0.15, -0.1) is 0 Å². The van der Waals surface area contributed by atoms with E-state index in [9.17, 15) is 89.0 Å². The van der Waals surface area contributed by atoms with Crippen molar-refractivity contribution >= 4 is 49.2 Å². The molecule has 3 saturated heterocycles. The van der Waals surface area contributed by atoms with Crippen LogP contribution in [0.1, 0.15) is 86.5 Å². The Balaban J connectivity index is 1.62. The summed E-state index contributed by atoms with van der Waals surface area (Å²) in [6, 6.07) is -3.44. The number of phosphoric acid groups is 1. The molecule has 16 N–H and O–H groups in total. The number of phosphoric ester groups is 1. The van der Waals surface area contributed by atoms with Crippen LogP contribution in [0.4, 0.5) is 0 Å². The highest BCUT2D eigenvalue weighted by Crippen LogP contribution is 2.47. The second-order valence-corrected chi connectivity index (χ2v) is 25.0. The lowest BCUT2D eigenvalue weighted by Crippen LogP contribution is -2.64. The number of aliphatic hydroxyl groups is 9. The van der Waals surface area contributed by atoms with Gasteiger partial charge < -0.3 is 135 Å². The molecule has 95 heavy (non-hydrogen) atoms. The van der Waals surface area contributed by atoms with Gasteiger partial charge in [-0.1, -0.05) is 6.42 Å². The van der Waals surface area contributed by atoms with Crippen molar-refractivity contribution in [1.82, 2.24) is 41.7 Å². The molecule has 37 nitrogen and oxygen atoms in total. The van der Waals surface area contributed by atoms with Crippen molar-refractivity contribution in [2.75, 3.05) is 138 Å². The van der Waals surface area contributed by atoms with Crippen molar-refractivity contribution in [2.24, 2.45) is 0 Å². The Morgan fingerprint density at radius 3 is 1.15 bits per heavy atom. The zero-order valence-corrected chi connectivity index (χ0v) is 55.9. The fourth-order valence-electron chi connectivity index (χ4n) is 9.85. The fourth-order valence-corrected chi connectivity index (χ4v) is 11.0. The van der Waals surface area contributed by atoms with Gasteiger partial charge in [0.25, 0.3) is 0 Å². The van der Waals surface area contributed by atoms with E-state index >= 15 is 0 Å². The third kappa shape index (κ3) is 33.4. The first-order valence-corrected chi connectivity index (χ1v) is 33.3. The van der Waals surface area contributed by atoms with Crippen molar-refractivity contribution in [3.05, 3.63) is 0 Å². The Morgan fingerprint density at radius 2 is 0.811 bits per heavy atom. The van der Waals surface area contributed by atoms with Crippen LogP contribution in [-0.2, 0) is 89.8 Å². The summed E-state index contributed by atoms with van der Waals surface area (Å²) in [4.78, 5) is 102. The molecule has 0 bridgehead atoms. The van der Waals surface area contributed by atoms with E-state index in [2.05, 4.69) is 31.9 Å². The Hall–Kier alpha value is -4.36. The van der Waals surface area contributed by atoms with E-state index in [1.807, 2.05) is 0 Å². The van der Waals surface area contributed by atoms with Crippen LogP contribution in [0.2, 0.25) is 0 Å². The van der Waals surface area contributed by atoms with Crippen LogP contribution in [-0.4, -0.2) is 338 Å². The van der Waals surface area contributed by atoms with E-state index in [1.54, 1.807) is 25.7 Å². The molecule has 0 aromatic carbocycles. The highest BCUT2D eigenvalue weighted by Gasteiger charge is 2.48. The monoisotopic (exact) mass is 1400 g/mol. The fraction of sp³-hybridized carbons (Fsp3) is 0.877. The first-order valence-electron chi connectivity index (χ1n) is 31.8. The van der Waals surface area contributed by atoms with Gasteiger partial charge in [-0.2, -0.15) is 0 Å². The number of hydrogen-bond donors (Lipinski definition) is 16. The van der Waals surface area contributed by atoms with Gasteiger partial charge in [0.05, 0.1) is 91.5 Å². The summed E-state index contributed by atoms with van der Waals surface area (Å²) in [6.07, 6.45) is -15.4. The Bertz CT molecular complexity index is 2240. The molecule has 3 rings (SSSR count). The third-order valence-electron chi connectivity index (χ3n) is 14.6. The predicted molar refractivity (Wildman–Crippen MR) is 327 cm³/mol. The van der Waals surface area contributed by atoms with Crippen molar-refractivity contribution in [2.45, 2.75) is 184 Å². The number of unbranched alkanes of at least 4 members (excludes halogenated alkanes) is 2. The van der Waals surface area contributed by atoms with Crippen molar-refractivity contribution < 1.29 is 141 Å². The largest absolute Gasteiger partial charge is 0.472 e. The summed E-state index contributed by atoms with van der Waals surface area (Å²) in [5.41, 5.74) is -0.944. The number of ether oxygens (including phenoxy) is 9. The minimum absolute atomic E-state index is 0.0183.